The standard InChI is InChI=1S/C14H13NO4S/c16-20(17)14-9-5-4-8-13(14)18-11-10-15(20)19-12-6-2-1-3-7-12/h1-9H,10-11H2. The summed E-state index contributed by atoms with van der Waals surface area (Å²) in [5, 5.41) is 0. The Bertz CT molecular complexity index is 700. The van der Waals surface area contributed by atoms with Crippen molar-refractivity contribution in [3.8, 4) is 11.5 Å². The SMILES string of the molecule is O=S1(=O)c2ccccc2OCCN1Oc1ccccc1. The van der Waals surface area contributed by atoms with Crippen LogP contribution in [0.25, 0.3) is 0 Å². The van der Waals surface area contributed by atoms with Gasteiger partial charge in [0.2, 0.25) is 0 Å². The number of para-hydroxylation sites is 2. The molecule has 104 valence electrons. The lowest BCUT2D eigenvalue weighted by molar-refractivity contribution is 0.0285. The summed E-state index contributed by atoms with van der Waals surface area (Å²) < 4.78 is 31.5. The lowest BCUT2D eigenvalue weighted by Crippen LogP contribution is -2.35. The molecule has 0 radical (unpaired) electrons. The highest BCUT2D eigenvalue weighted by molar-refractivity contribution is 7.89. The van der Waals surface area contributed by atoms with Crippen LogP contribution >= 0.6 is 0 Å². The number of nitrogens with zero attached hydrogens (tertiary/aromatic N) is 1. The molecule has 0 fully saturated rings. The number of ether oxygens (including phenoxy) is 1. The molecule has 2 aromatic rings. The number of hydroxylamine groups is 1. The molecule has 0 aromatic heterocycles. The normalized spacial score (nSPS) is 17.6. The van der Waals surface area contributed by atoms with E-state index in [0.717, 1.165) is 4.47 Å². The molecule has 0 bridgehead atoms. The number of hydrogen-bond acceptors (Lipinski definition) is 4. The first kappa shape index (κ1) is 13.0. The third-order valence-electron chi connectivity index (χ3n) is 2.88. The largest absolute Gasteiger partial charge is 0.491 e. The average Bonchev–Trinajstić information content (AvgIpc) is 2.59. The highest BCUT2D eigenvalue weighted by Gasteiger charge is 2.32. The third-order valence-corrected chi connectivity index (χ3v) is 4.56. The molecule has 0 amide bonds. The Morgan fingerprint density at radius 1 is 1.00 bits per heavy atom. The molecule has 20 heavy (non-hydrogen) atoms. The molecule has 0 saturated heterocycles. The first-order valence-corrected chi connectivity index (χ1v) is 7.59. The van der Waals surface area contributed by atoms with Gasteiger partial charge in [-0.1, -0.05) is 30.3 Å². The zero-order valence-electron chi connectivity index (χ0n) is 10.6. The van der Waals surface area contributed by atoms with Crippen LogP contribution in [0.2, 0.25) is 0 Å². The van der Waals surface area contributed by atoms with Crippen molar-refractivity contribution in [2.45, 2.75) is 4.90 Å². The maximum atomic E-state index is 12.5. The van der Waals surface area contributed by atoms with Gasteiger partial charge in [-0.05, 0) is 28.7 Å². The van der Waals surface area contributed by atoms with E-state index in [1.807, 2.05) is 6.07 Å². The summed E-state index contributed by atoms with van der Waals surface area (Å²) in [7, 11) is -3.73. The summed E-state index contributed by atoms with van der Waals surface area (Å²) in [6.45, 7) is 0.370. The van der Waals surface area contributed by atoms with Crippen molar-refractivity contribution in [1.82, 2.24) is 4.47 Å². The molecular formula is C14H13NO4S. The highest BCUT2D eigenvalue weighted by Crippen LogP contribution is 2.29. The highest BCUT2D eigenvalue weighted by atomic mass is 32.2. The predicted molar refractivity (Wildman–Crippen MR) is 72.9 cm³/mol. The number of rotatable bonds is 2. The zero-order valence-corrected chi connectivity index (χ0v) is 11.4. The molecule has 2 aromatic carbocycles. The van der Waals surface area contributed by atoms with Crippen LogP contribution in [0.4, 0.5) is 0 Å². The van der Waals surface area contributed by atoms with Crippen molar-refractivity contribution >= 4 is 10.0 Å². The number of sulfonamides is 1. The molecule has 0 unspecified atom stereocenters. The van der Waals surface area contributed by atoms with E-state index < -0.39 is 10.0 Å². The molecule has 0 atom stereocenters. The number of hydrogen-bond donors (Lipinski definition) is 0. The van der Waals surface area contributed by atoms with Gasteiger partial charge in [-0.2, -0.15) is 0 Å². The minimum absolute atomic E-state index is 0.119. The van der Waals surface area contributed by atoms with Gasteiger partial charge in [0.15, 0.2) is 0 Å². The van der Waals surface area contributed by atoms with E-state index in [1.54, 1.807) is 42.5 Å². The van der Waals surface area contributed by atoms with Crippen molar-refractivity contribution < 1.29 is 18.0 Å². The second kappa shape index (κ2) is 5.15. The molecule has 0 aliphatic carbocycles. The van der Waals surface area contributed by atoms with Crippen molar-refractivity contribution in [3.63, 3.8) is 0 Å². The van der Waals surface area contributed by atoms with E-state index in [1.165, 1.54) is 6.07 Å². The maximum absolute atomic E-state index is 12.5. The third kappa shape index (κ3) is 2.35. The summed E-state index contributed by atoms with van der Waals surface area (Å²) in [5.41, 5.74) is 0. The molecular weight excluding hydrogens is 278 g/mol. The van der Waals surface area contributed by atoms with E-state index in [-0.39, 0.29) is 18.0 Å². The lowest BCUT2D eigenvalue weighted by atomic mass is 10.3. The second-order valence-electron chi connectivity index (χ2n) is 4.23. The molecule has 1 aliphatic rings. The zero-order chi connectivity index (χ0) is 14.0. The van der Waals surface area contributed by atoms with E-state index in [0.29, 0.717) is 11.5 Å². The van der Waals surface area contributed by atoms with Gasteiger partial charge in [-0.25, -0.2) is 8.42 Å². The molecule has 5 nitrogen and oxygen atoms in total. The fourth-order valence-corrected chi connectivity index (χ4v) is 3.29. The predicted octanol–water partition coefficient (Wildman–Crippen LogP) is 2.06. The average molecular weight is 291 g/mol. The van der Waals surface area contributed by atoms with Crippen LogP contribution in [0.3, 0.4) is 0 Å². The van der Waals surface area contributed by atoms with E-state index in [4.69, 9.17) is 9.57 Å². The van der Waals surface area contributed by atoms with Crippen LogP contribution in [0.1, 0.15) is 0 Å². The minimum atomic E-state index is -3.73. The summed E-state index contributed by atoms with van der Waals surface area (Å²) in [6.07, 6.45) is 0. The van der Waals surface area contributed by atoms with Crippen molar-refractivity contribution in [3.05, 3.63) is 54.6 Å². The maximum Gasteiger partial charge on any atom is 0.277 e. The molecule has 1 aliphatic heterocycles. The summed E-state index contributed by atoms with van der Waals surface area (Å²) in [5.74, 6) is 0.821. The van der Waals surface area contributed by atoms with Gasteiger partial charge in [-0.15, -0.1) is 0 Å². The van der Waals surface area contributed by atoms with E-state index in [2.05, 4.69) is 0 Å². The monoisotopic (exact) mass is 291 g/mol. The van der Waals surface area contributed by atoms with Crippen LogP contribution in [-0.4, -0.2) is 26.0 Å². The van der Waals surface area contributed by atoms with Crippen LogP contribution in [0.5, 0.6) is 11.5 Å². The summed E-state index contributed by atoms with van der Waals surface area (Å²) in [4.78, 5) is 5.59. The quantitative estimate of drug-likeness (QED) is 0.850. The van der Waals surface area contributed by atoms with Gasteiger partial charge in [0.1, 0.15) is 23.0 Å². The van der Waals surface area contributed by atoms with E-state index >= 15 is 0 Å². The summed E-state index contributed by atoms with van der Waals surface area (Å²) >= 11 is 0. The van der Waals surface area contributed by atoms with Gasteiger partial charge in [-0.3, -0.25) is 0 Å². The van der Waals surface area contributed by atoms with Crippen LogP contribution in [0, 0.1) is 0 Å². The molecule has 0 spiro atoms. The Kier molecular flexibility index (Phi) is 3.33. The Labute approximate surface area is 117 Å². The minimum Gasteiger partial charge on any atom is -0.491 e. The van der Waals surface area contributed by atoms with Gasteiger partial charge >= 0.3 is 0 Å². The molecule has 0 N–H and O–H groups in total. The van der Waals surface area contributed by atoms with Crippen molar-refractivity contribution in [2.24, 2.45) is 0 Å². The first-order valence-electron chi connectivity index (χ1n) is 6.15. The van der Waals surface area contributed by atoms with Gasteiger partial charge in [0.05, 0.1) is 6.54 Å². The molecule has 3 rings (SSSR count). The molecule has 0 saturated carbocycles. The van der Waals surface area contributed by atoms with Crippen LogP contribution in [-0.2, 0) is 10.0 Å². The van der Waals surface area contributed by atoms with Crippen LogP contribution in [0.15, 0.2) is 59.5 Å². The fraction of sp³-hybridized carbons (Fsp3) is 0.143. The number of benzene rings is 2. The first-order chi connectivity index (χ1) is 9.68. The van der Waals surface area contributed by atoms with E-state index in [9.17, 15) is 8.42 Å². The van der Waals surface area contributed by atoms with Gasteiger partial charge < -0.3 is 9.57 Å². The lowest BCUT2D eigenvalue weighted by Gasteiger charge is -2.19. The molecule has 6 heteroatoms. The summed E-state index contributed by atoms with van der Waals surface area (Å²) in [6, 6.07) is 15.3. The Morgan fingerprint density at radius 2 is 1.70 bits per heavy atom. The number of fused-ring (bicyclic) bond motifs is 1. The van der Waals surface area contributed by atoms with Gasteiger partial charge in [0.25, 0.3) is 10.0 Å². The Morgan fingerprint density at radius 3 is 2.50 bits per heavy atom. The Hall–Kier alpha value is -2.05. The Balaban J connectivity index is 1.97. The van der Waals surface area contributed by atoms with Crippen molar-refractivity contribution in [1.29, 1.82) is 0 Å². The van der Waals surface area contributed by atoms with Gasteiger partial charge in [0, 0.05) is 0 Å². The van der Waals surface area contributed by atoms with Crippen molar-refractivity contribution in [2.75, 3.05) is 13.2 Å². The second-order valence-corrected chi connectivity index (χ2v) is 6.03. The van der Waals surface area contributed by atoms with Crippen LogP contribution < -0.4 is 9.57 Å². The topological polar surface area (TPSA) is 55.8 Å². The fourth-order valence-electron chi connectivity index (χ4n) is 1.94. The smallest absolute Gasteiger partial charge is 0.277 e. The molecule has 1 heterocycles.